The van der Waals surface area contributed by atoms with Crippen molar-refractivity contribution in [2.45, 2.75) is 43.7 Å². The average molecular weight is 234 g/mol. The van der Waals surface area contributed by atoms with Crippen LogP contribution in [0.1, 0.15) is 31.4 Å². The number of aliphatic hydroxyl groups excluding tert-OH is 1. The lowest BCUT2D eigenvalue weighted by molar-refractivity contribution is -0.00302. The molecule has 1 aliphatic rings. The molecule has 1 aromatic rings. The summed E-state index contributed by atoms with van der Waals surface area (Å²) in [6.07, 6.45) is 6.74. The number of aromatic nitrogens is 1. The van der Waals surface area contributed by atoms with E-state index in [1.165, 1.54) is 12.8 Å². The van der Waals surface area contributed by atoms with Crippen LogP contribution >= 0.6 is 0 Å². The first-order valence-corrected chi connectivity index (χ1v) is 6.40. The summed E-state index contributed by atoms with van der Waals surface area (Å²) in [6.45, 7) is 0. The highest BCUT2D eigenvalue weighted by molar-refractivity contribution is 5.09. The summed E-state index contributed by atoms with van der Waals surface area (Å²) in [5.74, 6) is 0. The quantitative estimate of drug-likeness (QED) is 0.864. The highest BCUT2D eigenvalue weighted by Gasteiger charge is 2.42. The first-order valence-electron chi connectivity index (χ1n) is 6.40. The zero-order chi connectivity index (χ0) is 12.3. The Morgan fingerprint density at radius 1 is 1.35 bits per heavy atom. The summed E-state index contributed by atoms with van der Waals surface area (Å²) in [7, 11) is 4.15. The molecular formula is C14H22N2O. The lowest BCUT2D eigenvalue weighted by Crippen LogP contribution is -2.52. The Morgan fingerprint density at radius 3 is 2.59 bits per heavy atom. The second-order valence-electron chi connectivity index (χ2n) is 5.25. The third-order valence-electron chi connectivity index (χ3n) is 4.11. The molecule has 0 radical (unpaired) electrons. The van der Waals surface area contributed by atoms with Gasteiger partial charge in [0.25, 0.3) is 0 Å². The van der Waals surface area contributed by atoms with Gasteiger partial charge in [0.1, 0.15) is 0 Å². The summed E-state index contributed by atoms with van der Waals surface area (Å²) in [6, 6.07) is 5.88. The molecule has 1 heterocycles. The zero-order valence-electron chi connectivity index (χ0n) is 10.8. The van der Waals surface area contributed by atoms with Gasteiger partial charge in [0, 0.05) is 23.9 Å². The molecule has 0 saturated heterocycles. The second-order valence-corrected chi connectivity index (χ2v) is 5.25. The Morgan fingerprint density at radius 2 is 2.06 bits per heavy atom. The number of pyridine rings is 1. The van der Waals surface area contributed by atoms with Crippen LogP contribution in [0.2, 0.25) is 0 Å². The summed E-state index contributed by atoms with van der Waals surface area (Å²) < 4.78 is 0. The van der Waals surface area contributed by atoms with Crippen molar-refractivity contribution in [3.05, 3.63) is 30.1 Å². The van der Waals surface area contributed by atoms with E-state index in [1.54, 1.807) is 6.20 Å². The predicted octanol–water partition coefficient (Wildman–Crippen LogP) is 1.86. The summed E-state index contributed by atoms with van der Waals surface area (Å²) in [5, 5.41) is 10.5. The SMILES string of the molecule is CN(C)C1(C(O)Cc2ccccn2)CCCC1. The molecule has 1 aliphatic carbocycles. The second kappa shape index (κ2) is 5.15. The minimum atomic E-state index is -0.324. The van der Waals surface area contributed by atoms with Crippen molar-refractivity contribution < 1.29 is 5.11 Å². The van der Waals surface area contributed by atoms with Crippen LogP contribution in [0, 0.1) is 0 Å². The predicted molar refractivity (Wildman–Crippen MR) is 68.8 cm³/mol. The molecule has 3 nitrogen and oxygen atoms in total. The minimum Gasteiger partial charge on any atom is -0.391 e. The molecular weight excluding hydrogens is 212 g/mol. The molecule has 0 spiro atoms. The van der Waals surface area contributed by atoms with Crippen LogP contribution < -0.4 is 0 Å². The molecule has 1 unspecified atom stereocenters. The van der Waals surface area contributed by atoms with Gasteiger partial charge in [-0.2, -0.15) is 0 Å². The smallest absolute Gasteiger partial charge is 0.0778 e. The Kier molecular flexibility index (Phi) is 3.79. The lowest BCUT2D eigenvalue weighted by Gasteiger charge is -2.40. The first-order chi connectivity index (χ1) is 8.15. The minimum absolute atomic E-state index is 0.0441. The molecule has 0 bridgehead atoms. The molecule has 0 aromatic carbocycles. The van der Waals surface area contributed by atoms with Gasteiger partial charge in [-0.25, -0.2) is 0 Å². The molecule has 1 fully saturated rings. The van der Waals surface area contributed by atoms with E-state index in [1.807, 2.05) is 18.2 Å². The van der Waals surface area contributed by atoms with E-state index in [0.29, 0.717) is 6.42 Å². The van der Waals surface area contributed by atoms with Gasteiger partial charge < -0.3 is 10.0 Å². The van der Waals surface area contributed by atoms with Gasteiger partial charge in [0.05, 0.1) is 6.10 Å². The fourth-order valence-electron chi connectivity index (χ4n) is 2.97. The van der Waals surface area contributed by atoms with Crippen molar-refractivity contribution in [3.63, 3.8) is 0 Å². The van der Waals surface area contributed by atoms with Gasteiger partial charge in [-0.05, 0) is 39.1 Å². The molecule has 17 heavy (non-hydrogen) atoms. The molecule has 1 saturated carbocycles. The Bertz CT molecular complexity index is 344. The highest BCUT2D eigenvalue weighted by Crippen LogP contribution is 2.37. The van der Waals surface area contributed by atoms with E-state index in [2.05, 4.69) is 24.0 Å². The van der Waals surface area contributed by atoms with Gasteiger partial charge in [-0.15, -0.1) is 0 Å². The fraction of sp³-hybridized carbons (Fsp3) is 0.643. The molecule has 1 aromatic heterocycles. The van der Waals surface area contributed by atoms with Crippen LogP contribution in [0.15, 0.2) is 24.4 Å². The maximum absolute atomic E-state index is 10.5. The van der Waals surface area contributed by atoms with Gasteiger partial charge in [0.2, 0.25) is 0 Å². The fourth-order valence-corrected chi connectivity index (χ4v) is 2.97. The number of hydrogen-bond acceptors (Lipinski definition) is 3. The molecule has 0 aliphatic heterocycles. The zero-order valence-corrected chi connectivity index (χ0v) is 10.8. The van der Waals surface area contributed by atoms with Crippen molar-refractivity contribution in [2.75, 3.05) is 14.1 Å². The Balaban J connectivity index is 2.10. The Labute approximate surface area is 103 Å². The van der Waals surface area contributed by atoms with Crippen LogP contribution in [0.4, 0.5) is 0 Å². The standard InChI is InChI=1S/C14H22N2O/c1-16(2)14(8-4-5-9-14)13(17)11-12-7-3-6-10-15-12/h3,6-7,10,13,17H,4-5,8-9,11H2,1-2H3. The van der Waals surface area contributed by atoms with Crippen LogP contribution in [0.5, 0.6) is 0 Å². The third-order valence-corrected chi connectivity index (χ3v) is 4.11. The summed E-state index contributed by atoms with van der Waals surface area (Å²) in [4.78, 5) is 6.50. The largest absolute Gasteiger partial charge is 0.391 e. The van der Waals surface area contributed by atoms with E-state index in [-0.39, 0.29) is 11.6 Å². The van der Waals surface area contributed by atoms with E-state index < -0.39 is 0 Å². The monoisotopic (exact) mass is 234 g/mol. The topological polar surface area (TPSA) is 36.4 Å². The van der Waals surface area contributed by atoms with Crippen LogP contribution in [0.3, 0.4) is 0 Å². The molecule has 0 amide bonds. The molecule has 3 heteroatoms. The van der Waals surface area contributed by atoms with Crippen molar-refractivity contribution in [1.29, 1.82) is 0 Å². The van der Waals surface area contributed by atoms with E-state index in [9.17, 15) is 5.11 Å². The number of nitrogens with zero attached hydrogens (tertiary/aromatic N) is 2. The maximum Gasteiger partial charge on any atom is 0.0778 e. The van der Waals surface area contributed by atoms with Crippen molar-refractivity contribution in [1.82, 2.24) is 9.88 Å². The molecule has 1 atom stereocenters. The van der Waals surface area contributed by atoms with E-state index in [0.717, 1.165) is 18.5 Å². The molecule has 2 rings (SSSR count). The molecule has 94 valence electrons. The number of aliphatic hydroxyl groups is 1. The summed E-state index contributed by atoms with van der Waals surface area (Å²) >= 11 is 0. The third kappa shape index (κ3) is 2.50. The number of likely N-dealkylation sites (N-methyl/N-ethyl adjacent to an activating group) is 1. The van der Waals surface area contributed by atoms with Crippen LogP contribution in [-0.4, -0.2) is 40.7 Å². The van der Waals surface area contributed by atoms with Crippen molar-refractivity contribution in [3.8, 4) is 0 Å². The average Bonchev–Trinajstić information content (AvgIpc) is 2.80. The van der Waals surface area contributed by atoms with E-state index in [4.69, 9.17) is 0 Å². The van der Waals surface area contributed by atoms with Crippen molar-refractivity contribution >= 4 is 0 Å². The molecule has 1 N–H and O–H groups in total. The van der Waals surface area contributed by atoms with Crippen LogP contribution in [-0.2, 0) is 6.42 Å². The maximum atomic E-state index is 10.5. The first kappa shape index (κ1) is 12.5. The Hall–Kier alpha value is -0.930. The van der Waals surface area contributed by atoms with Crippen molar-refractivity contribution in [2.24, 2.45) is 0 Å². The van der Waals surface area contributed by atoms with Gasteiger partial charge >= 0.3 is 0 Å². The van der Waals surface area contributed by atoms with Gasteiger partial charge in [0.15, 0.2) is 0 Å². The van der Waals surface area contributed by atoms with Crippen LogP contribution in [0.25, 0.3) is 0 Å². The van der Waals surface area contributed by atoms with Gasteiger partial charge in [-0.1, -0.05) is 18.9 Å². The highest BCUT2D eigenvalue weighted by atomic mass is 16.3. The van der Waals surface area contributed by atoms with E-state index >= 15 is 0 Å². The number of rotatable bonds is 4. The number of hydrogen-bond donors (Lipinski definition) is 1. The summed E-state index contributed by atoms with van der Waals surface area (Å²) in [5.41, 5.74) is 0.936. The normalized spacial score (nSPS) is 20.7. The lowest BCUT2D eigenvalue weighted by atomic mass is 9.86. The van der Waals surface area contributed by atoms with Gasteiger partial charge in [-0.3, -0.25) is 4.98 Å².